The minimum Gasteiger partial charge on any atom is -0.508 e. The minimum atomic E-state index is -0.195. The van der Waals surface area contributed by atoms with Gasteiger partial charge in [-0.05, 0) is 57.1 Å². The number of hydrogen-bond acceptors (Lipinski definition) is 3. The van der Waals surface area contributed by atoms with E-state index >= 15 is 0 Å². The van der Waals surface area contributed by atoms with Crippen molar-refractivity contribution in [3.63, 3.8) is 0 Å². The third-order valence-corrected chi connectivity index (χ3v) is 3.68. The fourth-order valence-corrected chi connectivity index (χ4v) is 2.21. The lowest BCUT2D eigenvalue weighted by atomic mass is 10.0. The van der Waals surface area contributed by atoms with Crippen LogP contribution in [-0.2, 0) is 16.0 Å². The van der Waals surface area contributed by atoms with E-state index in [4.69, 9.17) is 4.74 Å². The lowest BCUT2D eigenvalue weighted by molar-refractivity contribution is -0.143. The summed E-state index contributed by atoms with van der Waals surface area (Å²) in [6.07, 6.45) is 6.18. The first kappa shape index (κ1) is 18.3. The van der Waals surface area contributed by atoms with E-state index in [0.717, 1.165) is 24.8 Å². The fourth-order valence-electron chi connectivity index (χ4n) is 2.21. The third kappa shape index (κ3) is 7.87. The molecule has 0 radical (unpaired) electrons. The standard InChI is InChI=1S/C19H28O3/c1-15(2)7-6-8-16(3)13-14-22-19(21)12-11-17-9-4-5-10-18(17)20/h4-5,7,9-10,16,20H,6,8,11-14H2,1-3H3. The van der Waals surface area contributed by atoms with Crippen LogP contribution in [0.3, 0.4) is 0 Å². The Bertz CT molecular complexity index is 487. The number of aromatic hydroxyl groups is 1. The van der Waals surface area contributed by atoms with Gasteiger partial charge in [-0.1, -0.05) is 36.8 Å². The summed E-state index contributed by atoms with van der Waals surface area (Å²) in [4.78, 5) is 11.7. The molecular weight excluding hydrogens is 276 g/mol. The van der Waals surface area contributed by atoms with Crippen molar-refractivity contribution in [2.24, 2.45) is 5.92 Å². The Morgan fingerprint density at radius 1 is 1.27 bits per heavy atom. The van der Waals surface area contributed by atoms with E-state index in [0.29, 0.717) is 25.4 Å². The molecule has 1 unspecified atom stereocenters. The number of carbonyl (C=O) groups excluding carboxylic acids is 1. The van der Waals surface area contributed by atoms with Crippen LogP contribution in [0.2, 0.25) is 0 Å². The highest BCUT2D eigenvalue weighted by Crippen LogP contribution is 2.17. The Balaban J connectivity index is 2.16. The Hall–Kier alpha value is -1.77. The molecule has 0 saturated carbocycles. The van der Waals surface area contributed by atoms with E-state index in [9.17, 15) is 9.90 Å². The molecule has 122 valence electrons. The number of hydrogen-bond donors (Lipinski definition) is 1. The monoisotopic (exact) mass is 304 g/mol. The van der Waals surface area contributed by atoms with Crippen molar-refractivity contribution < 1.29 is 14.6 Å². The summed E-state index contributed by atoms with van der Waals surface area (Å²) in [5, 5.41) is 9.64. The van der Waals surface area contributed by atoms with Gasteiger partial charge in [0.25, 0.3) is 0 Å². The van der Waals surface area contributed by atoms with Crippen molar-refractivity contribution in [1.82, 2.24) is 0 Å². The van der Waals surface area contributed by atoms with Crippen LogP contribution in [0.1, 0.15) is 52.0 Å². The van der Waals surface area contributed by atoms with Gasteiger partial charge in [0.15, 0.2) is 0 Å². The number of allylic oxidation sites excluding steroid dienone is 2. The van der Waals surface area contributed by atoms with Crippen LogP contribution in [-0.4, -0.2) is 17.7 Å². The fraction of sp³-hybridized carbons (Fsp3) is 0.526. The molecular formula is C19H28O3. The molecule has 22 heavy (non-hydrogen) atoms. The lowest BCUT2D eigenvalue weighted by Crippen LogP contribution is -2.09. The highest BCUT2D eigenvalue weighted by Gasteiger charge is 2.08. The summed E-state index contributed by atoms with van der Waals surface area (Å²) in [6.45, 7) is 6.89. The summed E-state index contributed by atoms with van der Waals surface area (Å²) in [5.74, 6) is 0.601. The van der Waals surface area contributed by atoms with Gasteiger partial charge in [-0.25, -0.2) is 0 Å². The predicted molar refractivity (Wildman–Crippen MR) is 89.8 cm³/mol. The highest BCUT2D eigenvalue weighted by atomic mass is 16.5. The average molecular weight is 304 g/mol. The highest BCUT2D eigenvalue weighted by molar-refractivity contribution is 5.69. The van der Waals surface area contributed by atoms with Crippen molar-refractivity contribution in [1.29, 1.82) is 0 Å². The van der Waals surface area contributed by atoms with E-state index in [-0.39, 0.29) is 11.7 Å². The lowest BCUT2D eigenvalue weighted by Gasteiger charge is -2.11. The van der Waals surface area contributed by atoms with Crippen LogP contribution in [0.15, 0.2) is 35.9 Å². The topological polar surface area (TPSA) is 46.5 Å². The number of carbonyl (C=O) groups is 1. The molecule has 3 nitrogen and oxygen atoms in total. The van der Waals surface area contributed by atoms with Crippen molar-refractivity contribution in [2.45, 2.75) is 52.9 Å². The third-order valence-electron chi connectivity index (χ3n) is 3.68. The first-order chi connectivity index (χ1) is 10.5. The number of phenolic OH excluding ortho intramolecular Hbond substituents is 1. The van der Waals surface area contributed by atoms with Crippen molar-refractivity contribution in [3.8, 4) is 5.75 Å². The molecule has 0 heterocycles. The van der Waals surface area contributed by atoms with E-state index in [1.54, 1.807) is 12.1 Å². The Morgan fingerprint density at radius 3 is 2.68 bits per heavy atom. The first-order valence-electron chi connectivity index (χ1n) is 8.05. The predicted octanol–water partition coefficient (Wildman–Crippen LogP) is 4.64. The average Bonchev–Trinajstić information content (AvgIpc) is 2.46. The number of esters is 1. The van der Waals surface area contributed by atoms with E-state index in [2.05, 4.69) is 26.8 Å². The largest absolute Gasteiger partial charge is 0.508 e. The van der Waals surface area contributed by atoms with E-state index < -0.39 is 0 Å². The number of para-hydroxylation sites is 1. The van der Waals surface area contributed by atoms with Crippen LogP contribution in [0.5, 0.6) is 5.75 Å². The molecule has 0 aromatic heterocycles. The first-order valence-corrected chi connectivity index (χ1v) is 8.05. The van der Waals surface area contributed by atoms with Crippen molar-refractivity contribution >= 4 is 5.97 Å². The second-order valence-electron chi connectivity index (χ2n) is 6.10. The SMILES string of the molecule is CC(C)=CCCC(C)CCOC(=O)CCc1ccccc1O. The van der Waals surface area contributed by atoms with E-state index in [1.807, 2.05) is 12.1 Å². The zero-order valence-electron chi connectivity index (χ0n) is 14.0. The van der Waals surface area contributed by atoms with Crippen LogP contribution >= 0.6 is 0 Å². The maximum Gasteiger partial charge on any atom is 0.306 e. The van der Waals surface area contributed by atoms with Crippen molar-refractivity contribution in [3.05, 3.63) is 41.5 Å². The number of ether oxygens (including phenoxy) is 1. The Labute approximate surface area is 134 Å². The van der Waals surface area contributed by atoms with Gasteiger partial charge in [0, 0.05) is 6.42 Å². The van der Waals surface area contributed by atoms with Crippen molar-refractivity contribution in [2.75, 3.05) is 6.61 Å². The van der Waals surface area contributed by atoms with Gasteiger partial charge in [0.05, 0.1) is 6.61 Å². The van der Waals surface area contributed by atoms with Gasteiger partial charge in [-0.2, -0.15) is 0 Å². The van der Waals surface area contributed by atoms with Gasteiger partial charge in [0.2, 0.25) is 0 Å². The molecule has 0 fully saturated rings. The smallest absolute Gasteiger partial charge is 0.306 e. The molecule has 0 bridgehead atoms. The van der Waals surface area contributed by atoms with Gasteiger partial charge >= 0.3 is 5.97 Å². The molecule has 0 amide bonds. The molecule has 1 N–H and O–H groups in total. The summed E-state index contributed by atoms with van der Waals surface area (Å²) >= 11 is 0. The van der Waals surface area contributed by atoms with Gasteiger partial charge in [-0.3, -0.25) is 4.79 Å². The van der Waals surface area contributed by atoms with Gasteiger partial charge < -0.3 is 9.84 Å². The Morgan fingerprint density at radius 2 is 2.00 bits per heavy atom. The molecule has 0 saturated heterocycles. The molecule has 0 aliphatic carbocycles. The zero-order chi connectivity index (χ0) is 16.4. The van der Waals surface area contributed by atoms with Crippen LogP contribution in [0, 0.1) is 5.92 Å². The maximum atomic E-state index is 11.7. The molecule has 0 aliphatic heterocycles. The molecule has 1 aromatic rings. The van der Waals surface area contributed by atoms with Crippen LogP contribution < -0.4 is 0 Å². The molecule has 1 rings (SSSR count). The Kier molecular flexibility index (Phi) is 8.34. The van der Waals surface area contributed by atoms with Crippen LogP contribution in [0.25, 0.3) is 0 Å². The number of rotatable bonds is 9. The second kappa shape index (κ2) is 10.0. The summed E-state index contributed by atoms with van der Waals surface area (Å²) in [7, 11) is 0. The number of aryl methyl sites for hydroxylation is 1. The molecule has 0 aliphatic rings. The summed E-state index contributed by atoms with van der Waals surface area (Å²) < 4.78 is 5.27. The van der Waals surface area contributed by atoms with Gasteiger partial charge in [-0.15, -0.1) is 0 Å². The summed E-state index contributed by atoms with van der Waals surface area (Å²) in [5.41, 5.74) is 2.14. The molecule has 1 aromatic carbocycles. The molecule has 0 spiro atoms. The second-order valence-corrected chi connectivity index (χ2v) is 6.10. The molecule has 3 heteroatoms. The van der Waals surface area contributed by atoms with E-state index in [1.165, 1.54) is 5.57 Å². The molecule has 1 atom stereocenters. The quantitative estimate of drug-likeness (QED) is 0.534. The number of phenols is 1. The minimum absolute atomic E-state index is 0.195. The zero-order valence-corrected chi connectivity index (χ0v) is 14.0. The normalized spacial score (nSPS) is 11.8. The van der Waals surface area contributed by atoms with Gasteiger partial charge in [0.1, 0.15) is 5.75 Å². The van der Waals surface area contributed by atoms with Crippen LogP contribution in [0.4, 0.5) is 0 Å². The number of benzene rings is 1. The maximum absolute atomic E-state index is 11.7. The summed E-state index contributed by atoms with van der Waals surface area (Å²) in [6, 6.07) is 7.09.